The summed E-state index contributed by atoms with van der Waals surface area (Å²) in [6.07, 6.45) is 2.60. The van der Waals surface area contributed by atoms with Crippen molar-refractivity contribution < 1.29 is 14.4 Å². The lowest BCUT2D eigenvalue weighted by molar-refractivity contribution is -0.134. The molecule has 31 heavy (non-hydrogen) atoms. The van der Waals surface area contributed by atoms with Gasteiger partial charge in [0.25, 0.3) is 5.91 Å². The van der Waals surface area contributed by atoms with E-state index in [1.807, 2.05) is 48.5 Å². The molecule has 162 valence electrons. The van der Waals surface area contributed by atoms with Crippen LogP contribution in [0.3, 0.4) is 0 Å². The summed E-state index contributed by atoms with van der Waals surface area (Å²) in [5.41, 5.74) is 1.74. The fraction of sp³-hybridized carbons (Fsp3) is 0.348. The number of fused-ring (bicyclic) bond motifs is 1. The van der Waals surface area contributed by atoms with Gasteiger partial charge < -0.3 is 15.1 Å². The number of benzene rings is 2. The van der Waals surface area contributed by atoms with Crippen LogP contribution in [0.5, 0.6) is 0 Å². The van der Waals surface area contributed by atoms with E-state index in [-0.39, 0.29) is 24.3 Å². The Morgan fingerprint density at radius 2 is 1.77 bits per heavy atom. The second kappa shape index (κ2) is 9.75. The van der Waals surface area contributed by atoms with E-state index in [9.17, 15) is 14.4 Å². The second-order valence-electron chi connectivity index (χ2n) is 7.65. The standard InChI is InChI=1S/C23H24ClN3O3S/c24-17-9-7-16(8-10-17)11-12-25-20(28)15-27-18-5-1-2-6-19(18)31-21(23(27)30)22(29)26-13-3-4-14-26/h1-2,5-10,21H,3-4,11-15H2,(H,25,28)/t21-/m1/s1. The molecule has 6 nitrogen and oxygen atoms in total. The number of rotatable bonds is 6. The first-order valence-corrected chi connectivity index (χ1v) is 11.7. The summed E-state index contributed by atoms with van der Waals surface area (Å²) < 4.78 is 0. The van der Waals surface area contributed by atoms with Crippen molar-refractivity contribution in [3.05, 3.63) is 59.1 Å². The molecule has 0 spiro atoms. The molecule has 1 fully saturated rings. The third-order valence-corrected chi connectivity index (χ3v) is 6.97. The number of carbonyl (C=O) groups excluding carboxylic acids is 3. The molecule has 4 rings (SSSR count). The first-order chi connectivity index (χ1) is 15.0. The Bertz CT molecular complexity index is 976. The van der Waals surface area contributed by atoms with E-state index in [1.54, 1.807) is 4.90 Å². The second-order valence-corrected chi connectivity index (χ2v) is 9.23. The predicted molar refractivity (Wildman–Crippen MR) is 122 cm³/mol. The maximum Gasteiger partial charge on any atom is 0.250 e. The van der Waals surface area contributed by atoms with Crippen LogP contribution in [0.25, 0.3) is 0 Å². The average Bonchev–Trinajstić information content (AvgIpc) is 3.31. The summed E-state index contributed by atoms with van der Waals surface area (Å²) in [6, 6.07) is 14.9. The van der Waals surface area contributed by atoms with Crippen LogP contribution in [0.15, 0.2) is 53.4 Å². The van der Waals surface area contributed by atoms with Gasteiger partial charge in [-0.3, -0.25) is 14.4 Å². The average molecular weight is 458 g/mol. The first kappa shape index (κ1) is 21.7. The summed E-state index contributed by atoms with van der Waals surface area (Å²) in [5, 5.41) is 2.71. The summed E-state index contributed by atoms with van der Waals surface area (Å²) >= 11 is 7.18. The molecule has 2 aromatic rings. The highest BCUT2D eigenvalue weighted by atomic mass is 35.5. The number of hydrogen-bond donors (Lipinski definition) is 1. The van der Waals surface area contributed by atoms with Gasteiger partial charge in [-0.1, -0.05) is 35.9 Å². The van der Waals surface area contributed by atoms with E-state index < -0.39 is 5.25 Å². The fourth-order valence-electron chi connectivity index (χ4n) is 3.84. The Hall–Kier alpha value is -2.51. The Kier molecular flexibility index (Phi) is 6.83. The topological polar surface area (TPSA) is 69.7 Å². The van der Waals surface area contributed by atoms with Crippen molar-refractivity contribution in [1.29, 1.82) is 0 Å². The molecule has 1 N–H and O–H groups in total. The SMILES string of the molecule is O=C(CN1C(=O)[C@@H](C(=O)N2CCCC2)Sc2ccccc21)NCCc1ccc(Cl)cc1. The maximum atomic E-state index is 13.2. The quantitative estimate of drug-likeness (QED) is 0.676. The molecule has 1 saturated heterocycles. The third-order valence-electron chi connectivity index (χ3n) is 5.48. The smallest absolute Gasteiger partial charge is 0.250 e. The number of thioether (sulfide) groups is 1. The van der Waals surface area contributed by atoms with Crippen LogP contribution in [-0.4, -0.2) is 54.1 Å². The molecule has 2 aliphatic rings. The number of para-hydroxylation sites is 1. The highest BCUT2D eigenvalue weighted by Gasteiger charge is 2.41. The number of anilines is 1. The Balaban J connectivity index is 1.42. The van der Waals surface area contributed by atoms with E-state index in [2.05, 4.69) is 5.32 Å². The van der Waals surface area contributed by atoms with Gasteiger partial charge in [-0.2, -0.15) is 0 Å². The number of nitrogens with one attached hydrogen (secondary N) is 1. The number of amides is 3. The van der Waals surface area contributed by atoms with Gasteiger partial charge in [0, 0.05) is 29.6 Å². The molecule has 0 aromatic heterocycles. The lowest BCUT2D eigenvalue weighted by Crippen LogP contribution is -2.51. The molecule has 3 amide bonds. The van der Waals surface area contributed by atoms with Gasteiger partial charge in [0.05, 0.1) is 5.69 Å². The minimum absolute atomic E-state index is 0.110. The van der Waals surface area contributed by atoms with Crippen LogP contribution in [0.2, 0.25) is 5.02 Å². The van der Waals surface area contributed by atoms with Crippen LogP contribution >= 0.6 is 23.4 Å². The zero-order chi connectivity index (χ0) is 21.8. The molecule has 0 radical (unpaired) electrons. The van der Waals surface area contributed by atoms with E-state index in [1.165, 1.54) is 16.7 Å². The van der Waals surface area contributed by atoms with Gasteiger partial charge in [-0.25, -0.2) is 0 Å². The number of nitrogens with zero attached hydrogens (tertiary/aromatic N) is 2. The highest BCUT2D eigenvalue weighted by molar-refractivity contribution is 8.01. The molecular weight excluding hydrogens is 434 g/mol. The van der Waals surface area contributed by atoms with Gasteiger partial charge in [0.1, 0.15) is 6.54 Å². The van der Waals surface area contributed by atoms with Gasteiger partial charge >= 0.3 is 0 Å². The van der Waals surface area contributed by atoms with Crippen LogP contribution in [0.1, 0.15) is 18.4 Å². The first-order valence-electron chi connectivity index (χ1n) is 10.4. The minimum Gasteiger partial charge on any atom is -0.354 e. The van der Waals surface area contributed by atoms with Gasteiger partial charge in [-0.15, -0.1) is 11.8 Å². The van der Waals surface area contributed by atoms with Crippen molar-refractivity contribution in [2.45, 2.75) is 29.4 Å². The van der Waals surface area contributed by atoms with Gasteiger partial charge in [-0.05, 0) is 49.1 Å². The number of carbonyl (C=O) groups is 3. The summed E-state index contributed by atoms with van der Waals surface area (Å²) in [5.74, 6) is -0.736. The molecule has 0 aliphatic carbocycles. The van der Waals surface area contributed by atoms with Crippen molar-refractivity contribution >= 4 is 46.8 Å². The Morgan fingerprint density at radius 3 is 2.52 bits per heavy atom. The fourth-order valence-corrected chi connectivity index (χ4v) is 5.15. The monoisotopic (exact) mass is 457 g/mol. The van der Waals surface area contributed by atoms with Gasteiger partial charge in [0.15, 0.2) is 5.25 Å². The number of likely N-dealkylation sites (tertiary alicyclic amines) is 1. The van der Waals surface area contributed by atoms with Crippen LogP contribution < -0.4 is 10.2 Å². The molecule has 2 aromatic carbocycles. The zero-order valence-electron chi connectivity index (χ0n) is 17.1. The molecule has 0 bridgehead atoms. The summed E-state index contributed by atoms with van der Waals surface area (Å²) in [7, 11) is 0. The van der Waals surface area contributed by atoms with E-state index >= 15 is 0 Å². The molecular formula is C23H24ClN3O3S. The number of hydrogen-bond acceptors (Lipinski definition) is 4. The Morgan fingerprint density at radius 1 is 1.06 bits per heavy atom. The summed E-state index contributed by atoms with van der Waals surface area (Å²) in [4.78, 5) is 42.8. The third kappa shape index (κ3) is 5.05. The van der Waals surface area contributed by atoms with Crippen LogP contribution in [0.4, 0.5) is 5.69 Å². The van der Waals surface area contributed by atoms with E-state index in [4.69, 9.17) is 11.6 Å². The zero-order valence-corrected chi connectivity index (χ0v) is 18.6. The normalized spacial score (nSPS) is 18.1. The van der Waals surface area contributed by atoms with Crippen molar-refractivity contribution in [3.8, 4) is 0 Å². The molecule has 1 atom stereocenters. The maximum absolute atomic E-state index is 13.2. The highest BCUT2D eigenvalue weighted by Crippen LogP contribution is 2.39. The van der Waals surface area contributed by atoms with E-state index in [0.717, 1.165) is 23.3 Å². The van der Waals surface area contributed by atoms with Crippen molar-refractivity contribution in [3.63, 3.8) is 0 Å². The lowest BCUT2D eigenvalue weighted by Gasteiger charge is -2.34. The van der Waals surface area contributed by atoms with Crippen molar-refractivity contribution in [2.24, 2.45) is 0 Å². The van der Waals surface area contributed by atoms with Crippen molar-refractivity contribution in [2.75, 3.05) is 31.1 Å². The van der Waals surface area contributed by atoms with Crippen LogP contribution in [0, 0.1) is 0 Å². The minimum atomic E-state index is -0.838. The van der Waals surface area contributed by atoms with Crippen molar-refractivity contribution in [1.82, 2.24) is 10.2 Å². The largest absolute Gasteiger partial charge is 0.354 e. The molecule has 2 aliphatic heterocycles. The predicted octanol–water partition coefficient (Wildman–Crippen LogP) is 3.13. The lowest BCUT2D eigenvalue weighted by atomic mass is 10.1. The number of halogens is 1. The van der Waals surface area contributed by atoms with Gasteiger partial charge in [0.2, 0.25) is 11.8 Å². The molecule has 8 heteroatoms. The Labute approximate surface area is 190 Å². The van der Waals surface area contributed by atoms with Crippen LogP contribution in [-0.2, 0) is 20.8 Å². The van der Waals surface area contributed by atoms with E-state index in [0.29, 0.717) is 36.8 Å². The summed E-state index contributed by atoms with van der Waals surface area (Å²) in [6.45, 7) is 1.72. The molecule has 2 heterocycles. The molecule has 0 unspecified atom stereocenters. The molecule has 0 saturated carbocycles.